The average Bonchev–Trinajstić information content (AvgIpc) is 2.84. The molecule has 0 spiro atoms. The minimum Gasteiger partial charge on any atom is -0.352 e. The number of carbonyl (C=O) groups excluding carboxylic acids is 2. The highest BCUT2D eigenvalue weighted by Crippen LogP contribution is 2.19. The molecule has 1 saturated carbocycles. The number of nitrogens with one attached hydrogen (secondary N) is 1. The van der Waals surface area contributed by atoms with Crippen LogP contribution in [0.5, 0.6) is 0 Å². The van der Waals surface area contributed by atoms with E-state index in [9.17, 15) is 9.59 Å². The Bertz CT molecular complexity index is 863. The van der Waals surface area contributed by atoms with Gasteiger partial charge >= 0.3 is 0 Å². The molecular formula is C28H38N2O2S. The van der Waals surface area contributed by atoms with Gasteiger partial charge in [0.1, 0.15) is 6.04 Å². The molecule has 3 rings (SSSR count). The predicted octanol–water partition coefficient (Wildman–Crippen LogP) is 5.53. The van der Waals surface area contributed by atoms with E-state index in [0.29, 0.717) is 18.7 Å². The van der Waals surface area contributed by atoms with E-state index in [0.717, 1.165) is 25.0 Å². The van der Waals surface area contributed by atoms with Crippen molar-refractivity contribution in [3.8, 4) is 0 Å². The zero-order valence-electron chi connectivity index (χ0n) is 20.1. The fourth-order valence-corrected chi connectivity index (χ4v) is 5.33. The van der Waals surface area contributed by atoms with E-state index in [1.54, 1.807) is 11.8 Å². The lowest BCUT2D eigenvalue weighted by atomic mass is 9.95. The number of amides is 2. The fourth-order valence-electron chi connectivity index (χ4n) is 4.46. The number of nitrogens with zero attached hydrogens (tertiary/aromatic N) is 1. The fraction of sp³-hybridized carbons (Fsp3) is 0.500. The van der Waals surface area contributed by atoms with Crippen LogP contribution >= 0.6 is 11.8 Å². The number of benzene rings is 2. The van der Waals surface area contributed by atoms with Crippen molar-refractivity contribution in [2.75, 3.05) is 12.3 Å². The third kappa shape index (κ3) is 8.22. The minimum absolute atomic E-state index is 0.00865. The normalized spacial score (nSPS) is 15.1. The number of aryl methyl sites for hydroxylation is 1. The lowest BCUT2D eigenvalue weighted by molar-refractivity contribution is -0.139. The van der Waals surface area contributed by atoms with Gasteiger partial charge in [0.15, 0.2) is 0 Å². The minimum atomic E-state index is -0.414. The smallest absolute Gasteiger partial charge is 0.243 e. The summed E-state index contributed by atoms with van der Waals surface area (Å²) in [5.41, 5.74) is 3.64. The van der Waals surface area contributed by atoms with Gasteiger partial charge in [-0.25, -0.2) is 0 Å². The highest BCUT2D eigenvalue weighted by Gasteiger charge is 2.29. The molecule has 1 atom stereocenters. The molecule has 1 unspecified atom stereocenters. The van der Waals surface area contributed by atoms with E-state index >= 15 is 0 Å². The first-order chi connectivity index (χ1) is 16.1. The van der Waals surface area contributed by atoms with Crippen molar-refractivity contribution in [3.63, 3.8) is 0 Å². The summed E-state index contributed by atoms with van der Waals surface area (Å²) in [5, 5.41) is 3.25. The average molecular weight is 467 g/mol. The van der Waals surface area contributed by atoms with Gasteiger partial charge in [-0.1, -0.05) is 86.3 Å². The van der Waals surface area contributed by atoms with Crippen molar-refractivity contribution in [2.24, 2.45) is 0 Å². The molecule has 0 heterocycles. The van der Waals surface area contributed by atoms with Crippen LogP contribution in [0, 0.1) is 6.92 Å². The summed E-state index contributed by atoms with van der Waals surface area (Å²) < 4.78 is 0. The molecule has 2 amide bonds. The van der Waals surface area contributed by atoms with Crippen LogP contribution < -0.4 is 5.32 Å². The molecule has 1 fully saturated rings. The molecule has 1 N–H and O–H groups in total. The van der Waals surface area contributed by atoms with Crippen LogP contribution in [-0.4, -0.2) is 41.1 Å². The van der Waals surface area contributed by atoms with E-state index in [-0.39, 0.29) is 17.9 Å². The highest BCUT2D eigenvalue weighted by molar-refractivity contribution is 7.99. The molecule has 1 aliphatic rings. The lowest BCUT2D eigenvalue weighted by Gasteiger charge is -2.32. The summed E-state index contributed by atoms with van der Waals surface area (Å²) in [6.45, 7) is 4.65. The van der Waals surface area contributed by atoms with Gasteiger partial charge in [0.05, 0.1) is 5.75 Å². The molecule has 1 aliphatic carbocycles. The van der Waals surface area contributed by atoms with Gasteiger partial charge < -0.3 is 10.2 Å². The van der Waals surface area contributed by atoms with Crippen molar-refractivity contribution >= 4 is 23.6 Å². The maximum absolute atomic E-state index is 13.3. The van der Waals surface area contributed by atoms with E-state index in [2.05, 4.69) is 48.6 Å². The van der Waals surface area contributed by atoms with E-state index in [4.69, 9.17) is 0 Å². The molecule has 33 heavy (non-hydrogen) atoms. The van der Waals surface area contributed by atoms with Crippen molar-refractivity contribution in [1.29, 1.82) is 0 Å². The van der Waals surface area contributed by atoms with Gasteiger partial charge in [-0.05, 0) is 43.7 Å². The number of rotatable bonds is 11. The molecule has 0 aliphatic heterocycles. The van der Waals surface area contributed by atoms with Crippen LogP contribution in [0.25, 0.3) is 0 Å². The van der Waals surface area contributed by atoms with Gasteiger partial charge in [0.25, 0.3) is 0 Å². The largest absolute Gasteiger partial charge is 0.352 e. The molecule has 0 radical (unpaired) electrons. The highest BCUT2D eigenvalue weighted by atomic mass is 32.2. The van der Waals surface area contributed by atoms with Gasteiger partial charge in [-0.15, -0.1) is 11.8 Å². The number of hydrogen-bond acceptors (Lipinski definition) is 3. The molecule has 4 nitrogen and oxygen atoms in total. The Labute approximate surface area is 203 Å². The first-order valence-corrected chi connectivity index (χ1v) is 13.5. The number of carbonyl (C=O) groups is 2. The number of thioether (sulfide) groups is 1. The van der Waals surface area contributed by atoms with Crippen LogP contribution in [0.4, 0.5) is 0 Å². The van der Waals surface area contributed by atoms with Gasteiger partial charge in [0.2, 0.25) is 11.8 Å². The maximum Gasteiger partial charge on any atom is 0.243 e. The van der Waals surface area contributed by atoms with Crippen molar-refractivity contribution in [3.05, 3.63) is 71.3 Å². The third-order valence-electron chi connectivity index (χ3n) is 6.44. The predicted molar refractivity (Wildman–Crippen MR) is 138 cm³/mol. The van der Waals surface area contributed by atoms with E-state index in [1.165, 1.54) is 36.0 Å². The van der Waals surface area contributed by atoms with Crippen LogP contribution in [0.2, 0.25) is 0 Å². The Hall–Kier alpha value is -2.27. The topological polar surface area (TPSA) is 49.4 Å². The van der Waals surface area contributed by atoms with Crippen LogP contribution in [0.3, 0.4) is 0 Å². The van der Waals surface area contributed by atoms with Crippen molar-refractivity contribution in [2.45, 2.75) is 76.6 Å². The Balaban J connectivity index is 1.64. The Morgan fingerprint density at radius 2 is 1.70 bits per heavy atom. The summed E-state index contributed by atoms with van der Waals surface area (Å²) in [6, 6.07) is 18.5. The first kappa shape index (κ1) is 25.4. The second kappa shape index (κ2) is 13.4. The molecule has 0 bridgehead atoms. The van der Waals surface area contributed by atoms with Gasteiger partial charge in [0, 0.05) is 18.3 Å². The second-order valence-corrected chi connectivity index (χ2v) is 10.1. The summed E-state index contributed by atoms with van der Waals surface area (Å²) >= 11 is 1.62. The third-order valence-corrected chi connectivity index (χ3v) is 7.43. The second-order valence-electron chi connectivity index (χ2n) is 9.07. The zero-order valence-corrected chi connectivity index (χ0v) is 20.9. The maximum atomic E-state index is 13.3. The first-order valence-electron chi connectivity index (χ1n) is 12.3. The standard InChI is InChI=1S/C28H38N2O2S/c1-3-26(28(32)29-25-12-8-5-9-13-25)30(19-18-23-10-6-4-7-11-23)27(31)21-33-20-24-16-14-22(2)15-17-24/h4,6-7,10-11,14-17,25-26H,3,5,8-9,12-13,18-21H2,1-2H3,(H,29,32). The summed E-state index contributed by atoms with van der Waals surface area (Å²) in [5.74, 6) is 1.24. The summed E-state index contributed by atoms with van der Waals surface area (Å²) in [7, 11) is 0. The van der Waals surface area contributed by atoms with Crippen LogP contribution in [0.15, 0.2) is 54.6 Å². The van der Waals surface area contributed by atoms with E-state index in [1.807, 2.05) is 30.0 Å². The Morgan fingerprint density at radius 3 is 2.36 bits per heavy atom. The molecular weight excluding hydrogens is 428 g/mol. The van der Waals surface area contributed by atoms with Crippen molar-refractivity contribution in [1.82, 2.24) is 10.2 Å². The molecule has 0 saturated heterocycles. The lowest BCUT2D eigenvalue weighted by Crippen LogP contribution is -2.52. The monoisotopic (exact) mass is 466 g/mol. The van der Waals surface area contributed by atoms with Crippen LogP contribution in [-0.2, 0) is 21.8 Å². The number of hydrogen-bond donors (Lipinski definition) is 1. The van der Waals surface area contributed by atoms with Crippen LogP contribution in [0.1, 0.15) is 62.1 Å². The van der Waals surface area contributed by atoms with Gasteiger partial charge in [-0.3, -0.25) is 9.59 Å². The SMILES string of the molecule is CCC(C(=O)NC1CCCCC1)N(CCc1ccccc1)C(=O)CSCc1ccc(C)cc1. The molecule has 2 aromatic rings. The van der Waals surface area contributed by atoms with E-state index < -0.39 is 6.04 Å². The van der Waals surface area contributed by atoms with Gasteiger partial charge in [-0.2, -0.15) is 0 Å². The Morgan fingerprint density at radius 1 is 1.00 bits per heavy atom. The van der Waals surface area contributed by atoms with Crippen molar-refractivity contribution < 1.29 is 9.59 Å². The Kier molecular flexibility index (Phi) is 10.3. The quantitative estimate of drug-likeness (QED) is 0.474. The molecule has 2 aromatic carbocycles. The molecule has 178 valence electrons. The summed E-state index contributed by atoms with van der Waals surface area (Å²) in [4.78, 5) is 28.4. The molecule has 0 aromatic heterocycles. The summed E-state index contributed by atoms with van der Waals surface area (Å²) in [6.07, 6.45) is 7.08. The molecule has 5 heteroatoms. The zero-order chi connectivity index (χ0) is 23.5.